The van der Waals surface area contributed by atoms with Gasteiger partial charge in [0, 0.05) is 37.7 Å². The van der Waals surface area contributed by atoms with Crippen LogP contribution in [0, 0.1) is 6.92 Å². The van der Waals surface area contributed by atoms with E-state index in [1.165, 1.54) is 16.7 Å². The van der Waals surface area contributed by atoms with Gasteiger partial charge in [-0.05, 0) is 59.7 Å². The second kappa shape index (κ2) is 13.4. The van der Waals surface area contributed by atoms with Crippen molar-refractivity contribution in [2.75, 3.05) is 33.5 Å². The molecule has 4 aromatic carbocycles. The normalized spacial score (nSPS) is 18.5. The van der Waals surface area contributed by atoms with Crippen LogP contribution >= 0.6 is 0 Å². The van der Waals surface area contributed by atoms with Crippen molar-refractivity contribution in [2.45, 2.75) is 44.9 Å². The molecule has 2 amide bonds. The molecule has 4 aliphatic rings. The Bertz CT molecular complexity index is 2040. The van der Waals surface area contributed by atoms with Crippen molar-refractivity contribution in [2.24, 2.45) is 9.98 Å². The van der Waals surface area contributed by atoms with E-state index >= 15 is 0 Å². The Morgan fingerprint density at radius 2 is 1.14 bits per heavy atom. The van der Waals surface area contributed by atoms with Gasteiger partial charge in [-0.3, -0.25) is 19.6 Å². The molecule has 4 heterocycles. The second-order valence-electron chi connectivity index (χ2n) is 13.0. The minimum atomic E-state index is -0.110. The third kappa shape index (κ3) is 6.00. The molecule has 10 nitrogen and oxygen atoms in total. The van der Waals surface area contributed by atoms with Crippen LogP contribution in [0.2, 0.25) is 0 Å². The average Bonchev–Trinajstić information content (AvgIpc) is 3.35. The van der Waals surface area contributed by atoms with Gasteiger partial charge < -0.3 is 28.7 Å². The standard InChI is InChI=1S/C40H38N4O6/c1-25-15-32-34(41-21-30-16-26-7-3-5-9-28(26)23-43(30)39(32)45)19-36(25)49-13-11-48-12-14-50-38-20-35-33(18-37(38)47-2)40(46)44-24-29-10-6-4-8-27(29)17-31(44)22-42-35/h3-10,15,18-22,30-31H,11-14,16-17,23-24H2,1-2H3/t30-,31-/m0/s1. The Morgan fingerprint density at radius 3 is 1.70 bits per heavy atom. The molecule has 0 bridgehead atoms. The highest BCUT2D eigenvalue weighted by Crippen LogP contribution is 2.39. The number of nitrogens with zero attached hydrogens (tertiary/aromatic N) is 4. The predicted molar refractivity (Wildman–Crippen MR) is 190 cm³/mol. The van der Waals surface area contributed by atoms with Crippen molar-refractivity contribution in [3.05, 3.63) is 112 Å². The highest BCUT2D eigenvalue weighted by molar-refractivity contribution is 6.04. The first-order valence-electron chi connectivity index (χ1n) is 17.0. The zero-order valence-electron chi connectivity index (χ0n) is 28.1. The van der Waals surface area contributed by atoms with E-state index in [1.54, 1.807) is 19.2 Å². The molecule has 0 fully saturated rings. The van der Waals surface area contributed by atoms with Crippen LogP contribution in [0.5, 0.6) is 17.2 Å². The van der Waals surface area contributed by atoms with Crippen LogP contribution in [-0.4, -0.2) is 79.7 Å². The number of hydrogen-bond donors (Lipinski definition) is 0. The predicted octanol–water partition coefficient (Wildman–Crippen LogP) is 6.04. The highest BCUT2D eigenvalue weighted by atomic mass is 16.6. The number of amides is 2. The van der Waals surface area contributed by atoms with Crippen molar-refractivity contribution in [1.29, 1.82) is 0 Å². The summed E-state index contributed by atoms with van der Waals surface area (Å²) in [6.07, 6.45) is 5.23. The average molecular weight is 671 g/mol. The van der Waals surface area contributed by atoms with Gasteiger partial charge in [0.05, 0.1) is 54.9 Å². The molecule has 0 aliphatic carbocycles. The fourth-order valence-corrected chi connectivity index (χ4v) is 7.18. The molecule has 2 atom stereocenters. The Hall–Kier alpha value is -5.48. The monoisotopic (exact) mass is 670 g/mol. The molecular weight excluding hydrogens is 632 g/mol. The quantitative estimate of drug-likeness (QED) is 0.201. The maximum Gasteiger partial charge on any atom is 0.257 e. The molecule has 4 aromatic rings. The van der Waals surface area contributed by atoms with E-state index in [1.807, 2.05) is 65.6 Å². The topological polar surface area (TPSA) is 102 Å². The van der Waals surface area contributed by atoms with Crippen LogP contribution in [0.25, 0.3) is 0 Å². The van der Waals surface area contributed by atoms with E-state index in [2.05, 4.69) is 24.3 Å². The number of carbonyl (C=O) groups is 2. The van der Waals surface area contributed by atoms with Crippen molar-refractivity contribution in [3.63, 3.8) is 0 Å². The fourth-order valence-electron chi connectivity index (χ4n) is 7.18. The number of ether oxygens (including phenoxy) is 4. The molecule has 0 saturated carbocycles. The van der Waals surface area contributed by atoms with Crippen molar-refractivity contribution >= 4 is 35.6 Å². The lowest BCUT2D eigenvalue weighted by Gasteiger charge is -2.34. The first-order valence-corrected chi connectivity index (χ1v) is 17.0. The number of aliphatic imine (C=N–C) groups is 2. The second-order valence-corrected chi connectivity index (χ2v) is 13.0. The summed E-state index contributed by atoms with van der Waals surface area (Å²) in [5.41, 5.74) is 7.96. The molecular formula is C40H38N4O6. The summed E-state index contributed by atoms with van der Waals surface area (Å²) in [5, 5.41) is 0. The van der Waals surface area contributed by atoms with Crippen molar-refractivity contribution in [3.8, 4) is 17.2 Å². The summed E-state index contributed by atoms with van der Waals surface area (Å²) >= 11 is 0. The molecule has 0 spiro atoms. The number of methoxy groups -OCH3 is 1. The molecule has 8 rings (SSSR count). The summed E-state index contributed by atoms with van der Waals surface area (Å²) in [6, 6.07) is 23.5. The Morgan fingerprint density at radius 1 is 0.640 bits per heavy atom. The summed E-state index contributed by atoms with van der Waals surface area (Å²) in [6.45, 7) is 4.31. The molecule has 0 N–H and O–H groups in total. The number of aryl methyl sites for hydroxylation is 1. The molecule has 0 aromatic heterocycles. The molecule has 50 heavy (non-hydrogen) atoms. The van der Waals surface area contributed by atoms with E-state index in [9.17, 15) is 9.59 Å². The lowest BCUT2D eigenvalue weighted by molar-refractivity contribution is 0.0696. The molecule has 254 valence electrons. The van der Waals surface area contributed by atoms with Gasteiger partial charge in [0.15, 0.2) is 11.5 Å². The van der Waals surface area contributed by atoms with E-state index in [-0.39, 0.29) is 30.5 Å². The van der Waals surface area contributed by atoms with Gasteiger partial charge in [0.2, 0.25) is 0 Å². The lowest BCUT2D eigenvalue weighted by atomic mass is 9.94. The van der Waals surface area contributed by atoms with Crippen LogP contribution in [0.1, 0.15) is 48.5 Å². The smallest absolute Gasteiger partial charge is 0.257 e. The molecule has 0 saturated heterocycles. The molecule has 0 unspecified atom stereocenters. The first kappa shape index (κ1) is 31.8. The third-order valence-electron chi connectivity index (χ3n) is 9.88. The van der Waals surface area contributed by atoms with E-state index < -0.39 is 0 Å². The third-order valence-corrected chi connectivity index (χ3v) is 9.88. The molecule has 0 radical (unpaired) electrons. The minimum absolute atomic E-state index is 0.0127. The van der Waals surface area contributed by atoms with Crippen LogP contribution in [-0.2, 0) is 30.7 Å². The van der Waals surface area contributed by atoms with Gasteiger partial charge in [0.1, 0.15) is 19.0 Å². The van der Waals surface area contributed by atoms with Gasteiger partial charge in [0.25, 0.3) is 11.8 Å². The van der Waals surface area contributed by atoms with Gasteiger partial charge >= 0.3 is 0 Å². The van der Waals surface area contributed by atoms with Crippen molar-refractivity contribution in [1.82, 2.24) is 9.80 Å². The Kier molecular flexibility index (Phi) is 8.54. The van der Waals surface area contributed by atoms with E-state index in [4.69, 9.17) is 28.9 Å². The summed E-state index contributed by atoms with van der Waals surface area (Å²) in [4.78, 5) is 40.4. The van der Waals surface area contributed by atoms with E-state index in [0.29, 0.717) is 72.7 Å². The van der Waals surface area contributed by atoms with Gasteiger partial charge in [-0.1, -0.05) is 48.5 Å². The zero-order chi connectivity index (χ0) is 34.2. The number of rotatable bonds is 9. The molecule has 4 aliphatic heterocycles. The fraction of sp³-hybridized carbons (Fsp3) is 0.300. The number of hydrogen-bond acceptors (Lipinski definition) is 8. The minimum Gasteiger partial charge on any atom is -0.493 e. The van der Waals surface area contributed by atoms with Gasteiger partial charge in [-0.15, -0.1) is 0 Å². The summed E-state index contributed by atoms with van der Waals surface area (Å²) in [7, 11) is 1.56. The maximum atomic E-state index is 13.6. The highest BCUT2D eigenvalue weighted by Gasteiger charge is 2.34. The first-order chi connectivity index (χ1) is 24.5. The molecule has 10 heteroatoms. The summed E-state index contributed by atoms with van der Waals surface area (Å²) in [5.74, 6) is 1.54. The van der Waals surface area contributed by atoms with Crippen LogP contribution in [0.4, 0.5) is 11.4 Å². The Balaban J connectivity index is 0.853. The Labute approximate surface area is 291 Å². The van der Waals surface area contributed by atoms with Crippen LogP contribution in [0.3, 0.4) is 0 Å². The number of benzene rings is 4. The number of fused-ring (bicyclic) bond motifs is 6. The lowest BCUT2D eigenvalue weighted by Crippen LogP contribution is -2.44. The van der Waals surface area contributed by atoms with E-state index in [0.717, 1.165) is 24.0 Å². The largest absolute Gasteiger partial charge is 0.493 e. The van der Waals surface area contributed by atoms with Gasteiger partial charge in [-0.2, -0.15) is 0 Å². The van der Waals surface area contributed by atoms with Crippen LogP contribution < -0.4 is 14.2 Å². The van der Waals surface area contributed by atoms with Crippen LogP contribution in [0.15, 0.2) is 82.8 Å². The zero-order valence-corrected chi connectivity index (χ0v) is 28.1. The van der Waals surface area contributed by atoms with Crippen molar-refractivity contribution < 1.29 is 28.5 Å². The van der Waals surface area contributed by atoms with Gasteiger partial charge in [-0.25, -0.2) is 0 Å². The summed E-state index contributed by atoms with van der Waals surface area (Å²) < 4.78 is 23.5. The maximum absolute atomic E-state index is 13.6. The number of carbonyl (C=O) groups excluding carboxylic acids is 2. The SMILES string of the molecule is COc1cc2c(cc1OCCOCCOc1cc3c(cc1C)C(=O)N1Cc4ccccc4C[C@H]1C=N3)N=C[C@@H]1Cc3ccccc3CN1C2=O.